The van der Waals surface area contributed by atoms with Crippen LogP contribution in [0.3, 0.4) is 0 Å². The molecule has 2 aromatic carbocycles. The third-order valence-corrected chi connectivity index (χ3v) is 7.01. The van der Waals surface area contributed by atoms with E-state index in [1.807, 2.05) is 28.9 Å². The van der Waals surface area contributed by atoms with Crippen LogP contribution in [0, 0.1) is 6.92 Å². The summed E-state index contributed by atoms with van der Waals surface area (Å²) in [5, 5.41) is 10.2. The molecule has 0 saturated heterocycles. The molecule has 0 saturated carbocycles. The molecule has 0 radical (unpaired) electrons. The minimum atomic E-state index is -0.266. The lowest BCUT2D eigenvalue weighted by molar-refractivity contribution is 0.226. The molecule has 0 bridgehead atoms. The van der Waals surface area contributed by atoms with E-state index in [1.165, 1.54) is 0 Å². The Labute approximate surface area is 195 Å². The fourth-order valence-corrected chi connectivity index (χ4v) is 5.38. The number of hydrogen-bond acceptors (Lipinski definition) is 7. The summed E-state index contributed by atoms with van der Waals surface area (Å²) >= 11 is 1.68. The fourth-order valence-electron chi connectivity index (χ4n) is 4.61. The lowest BCUT2D eigenvalue weighted by Gasteiger charge is -2.38. The number of benzene rings is 2. The maximum absolute atomic E-state index is 6.64. The Kier molecular flexibility index (Phi) is 4.62. The Morgan fingerprint density at radius 3 is 2.73 bits per heavy atom. The Morgan fingerprint density at radius 2 is 1.94 bits per heavy atom. The number of aryl methyl sites for hydroxylation is 1. The zero-order valence-corrected chi connectivity index (χ0v) is 19.2. The third-order valence-electron chi connectivity index (χ3n) is 6.09. The van der Waals surface area contributed by atoms with E-state index < -0.39 is 0 Å². The van der Waals surface area contributed by atoms with Gasteiger partial charge in [0.15, 0.2) is 17.6 Å². The van der Waals surface area contributed by atoms with Crippen molar-refractivity contribution in [2.45, 2.75) is 19.1 Å². The van der Waals surface area contributed by atoms with Crippen LogP contribution >= 0.6 is 11.3 Å². The highest BCUT2D eigenvalue weighted by Gasteiger charge is 2.41. The van der Waals surface area contributed by atoms with Crippen LogP contribution in [-0.4, -0.2) is 29.0 Å². The van der Waals surface area contributed by atoms with Crippen LogP contribution in [-0.2, 0) is 0 Å². The first-order chi connectivity index (χ1) is 16.2. The monoisotopic (exact) mass is 458 g/mol. The molecule has 2 aromatic heterocycles. The molecule has 6 rings (SSSR count). The standard InChI is InChI=1S/C25H22N4O3S/c1-14-6-8-17-16(11-14)22-21(24(32-17)20-5-4-10-33-20)23(29-25(28-22)26-13-27-29)15-7-9-18(30-2)19(12-15)31-3/h4-13,23-24H,1-3H3,(H,26,27,28). The second kappa shape index (κ2) is 7.67. The molecule has 0 amide bonds. The zero-order chi connectivity index (χ0) is 22.5. The summed E-state index contributed by atoms with van der Waals surface area (Å²) in [5.41, 5.74) is 5.29. The van der Waals surface area contributed by atoms with Crippen molar-refractivity contribution in [1.82, 2.24) is 14.8 Å². The van der Waals surface area contributed by atoms with Crippen molar-refractivity contribution in [2.75, 3.05) is 19.5 Å². The first kappa shape index (κ1) is 19.9. The lowest BCUT2D eigenvalue weighted by Crippen LogP contribution is -2.32. The van der Waals surface area contributed by atoms with Gasteiger partial charge in [-0.1, -0.05) is 23.8 Å². The molecule has 2 aliphatic rings. The van der Waals surface area contributed by atoms with Crippen molar-refractivity contribution in [1.29, 1.82) is 0 Å². The second-order valence-corrected chi connectivity index (χ2v) is 8.99. The molecule has 0 aliphatic carbocycles. The van der Waals surface area contributed by atoms with E-state index in [9.17, 15) is 0 Å². The van der Waals surface area contributed by atoms with Gasteiger partial charge >= 0.3 is 0 Å². The maximum Gasteiger partial charge on any atom is 0.226 e. The summed E-state index contributed by atoms with van der Waals surface area (Å²) < 4.78 is 19.6. The number of nitrogens with zero attached hydrogens (tertiary/aromatic N) is 3. The topological polar surface area (TPSA) is 70.4 Å². The minimum absolute atomic E-state index is 0.237. The van der Waals surface area contributed by atoms with Gasteiger partial charge in [0.05, 0.1) is 19.9 Å². The van der Waals surface area contributed by atoms with Crippen molar-refractivity contribution >= 4 is 23.0 Å². The number of aromatic nitrogens is 3. The number of ether oxygens (including phenoxy) is 3. The molecule has 1 N–H and O–H groups in total. The van der Waals surface area contributed by atoms with Crippen molar-refractivity contribution in [3.05, 3.63) is 87.4 Å². The molecule has 7 nitrogen and oxygen atoms in total. The average Bonchev–Trinajstić information content (AvgIpc) is 3.54. The van der Waals surface area contributed by atoms with Gasteiger partial charge in [-0.25, -0.2) is 4.68 Å². The summed E-state index contributed by atoms with van der Waals surface area (Å²) in [6, 6.07) is 16.2. The smallest absolute Gasteiger partial charge is 0.226 e. The van der Waals surface area contributed by atoms with Crippen LogP contribution in [0.2, 0.25) is 0 Å². The van der Waals surface area contributed by atoms with Crippen LogP contribution in [0.1, 0.15) is 33.7 Å². The van der Waals surface area contributed by atoms with Crippen molar-refractivity contribution in [3.63, 3.8) is 0 Å². The largest absolute Gasteiger partial charge is 0.493 e. The molecule has 2 aliphatic heterocycles. The highest BCUT2D eigenvalue weighted by molar-refractivity contribution is 7.10. The molecule has 8 heteroatoms. The Hall–Kier alpha value is -3.78. The van der Waals surface area contributed by atoms with Crippen molar-refractivity contribution < 1.29 is 14.2 Å². The molecule has 4 aromatic rings. The van der Waals surface area contributed by atoms with Crippen LogP contribution < -0.4 is 19.5 Å². The number of rotatable bonds is 4. The molecular weight excluding hydrogens is 436 g/mol. The molecule has 33 heavy (non-hydrogen) atoms. The second-order valence-electron chi connectivity index (χ2n) is 8.01. The zero-order valence-electron chi connectivity index (χ0n) is 18.4. The van der Waals surface area contributed by atoms with Gasteiger partial charge in [-0.2, -0.15) is 10.1 Å². The van der Waals surface area contributed by atoms with E-state index in [4.69, 9.17) is 14.2 Å². The Morgan fingerprint density at radius 1 is 1.06 bits per heavy atom. The van der Waals surface area contributed by atoms with Gasteiger partial charge in [0.2, 0.25) is 5.95 Å². The van der Waals surface area contributed by atoms with Crippen molar-refractivity contribution in [3.8, 4) is 17.2 Å². The van der Waals surface area contributed by atoms with Crippen LogP contribution in [0.15, 0.2) is 65.8 Å². The Balaban J connectivity index is 1.63. The third kappa shape index (κ3) is 3.09. The van der Waals surface area contributed by atoms with Gasteiger partial charge in [-0.3, -0.25) is 0 Å². The molecule has 0 spiro atoms. The summed E-state index contributed by atoms with van der Waals surface area (Å²) in [7, 11) is 3.28. The quantitative estimate of drug-likeness (QED) is 0.452. The SMILES string of the molecule is COc1ccc(C2C3=C(Nc4ncnn42)c2cc(C)ccc2OC3c2cccs2)cc1OC. The van der Waals surface area contributed by atoms with Gasteiger partial charge in [0, 0.05) is 16.0 Å². The fraction of sp³-hybridized carbons (Fsp3) is 0.200. The summed E-state index contributed by atoms with van der Waals surface area (Å²) in [6.45, 7) is 2.09. The maximum atomic E-state index is 6.64. The van der Waals surface area contributed by atoms with E-state index >= 15 is 0 Å². The number of fused-ring (bicyclic) bond motifs is 3. The molecule has 4 heterocycles. The van der Waals surface area contributed by atoms with E-state index in [-0.39, 0.29) is 12.1 Å². The highest BCUT2D eigenvalue weighted by Crippen LogP contribution is 2.51. The van der Waals surface area contributed by atoms with Crippen LogP contribution in [0.25, 0.3) is 5.70 Å². The number of anilines is 1. The van der Waals surface area contributed by atoms with Gasteiger partial charge in [-0.15, -0.1) is 11.3 Å². The first-order valence-corrected chi connectivity index (χ1v) is 11.5. The van der Waals surface area contributed by atoms with E-state index in [1.54, 1.807) is 31.9 Å². The summed E-state index contributed by atoms with van der Waals surface area (Å²) in [6.07, 6.45) is 1.31. The highest BCUT2D eigenvalue weighted by atomic mass is 32.1. The van der Waals surface area contributed by atoms with Gasteiger partial charge < -0.3 is 19.5 Å². The van der Waals surface area contributed by atoms with Crippen LogP contribution in [0.5, 0.6) is 17.2 Å². The molecule has 0 fully saturated rings. The molecule has 166 valence electrons. The average molecular weight is 459 g/mol. The van der Waals surface area contributed by atoms with Crippen LogP contribution in [0.4, 0.5) is 5.95 Å². The molecular formula is C25H22N4O3S. The molecule has 2 atom stereocenters. The molecule has 2 unspecified atom stereocenters. The summed E-state index contributed by atoms with van der Waals surface area (Å²) in [5.74, 6) is 2.88. The van der Waals surface area contributed by atoms with Gasteiger partial charge in [0.1, 0.15) is 18.1 Å². The summed E-state index contributed by atoms with van der Waals surface area (Å²) in [4.78, 5) is 5.62. The number of hydrogen-bond donors (Lipinski definition) is 1. The Bertz CT molecular complexity index is 1380. The predicted octanol–water partition coefficient (Wildman–Crippen LogP) is 5.23. The minimum Gasteiger partial charge on any atom is -0.493 e. The number of methoxy groups -OCH3 is 2. The first-order valence-electron chi connectivity index (χ1n) is 10.6. The number of thiophene rings is 1. The van der Waals surface area contributed by atoms with E-state index in [0.717, 1.165) is 38.6 Å². The predicted molar refractivity (Wildman–Crippen MR) is 127 cm³/mol. The van der Waals surface area contributed by atoms with Gasteiger partial charge in [0.25, 0.3) is 0 Å². The number of nitrogens with one attached hydrogen (secondary N) is 1. The lowest BCUT2D eigenvalue weighted by atomic mass is 9.86. The van der Waals surface area contributed by atoms with E-state index in [0.29, 0.717) is 17.4 Å². The van der Waals surface area contributed by atoms with Crippen molar-refractivity contribution in [2.24, 2.45) is 0 Å². The normalized spacial score (nSPS) is 18.5. The van der Waals surface area contributed by atoms with Gasteiger partial charge in [-0.05, 0) is 48.2 Å². The van der Waals surface area contributed by atoms with E-state index in [2.05, 4.69) is 52.0 Å².